The summed E-state index contributed by atoms with van der Waals surface area (Å²) in [5, 5.41) is 7.17. The predicted molar refractivity (Wildman–Crippen MR) is 78.9 cm³/mol. The SMILES string of the molecule is COCCCNC(=S)NCCN1CCSCC1. The molecule has 0 amide bonds. The zero-order chi connectivity index (χ0) is 12.3. The second-order valence-corrected chi connectivity index (χ2v) is 5.62. The molecule has 17 heavy (non-hydrogen) atoms. The summed E-state index contributed by atoms with van der Waals surface area (Å²) in [4.78, 5) is 2.48. The van der Waals surface area contributed by atoms with Crippen molar-refractivity contribution in [3.8, 4) is 0 Å². The van der Waals surface area contributed by atoms with Crippen molar-refractivity contribution in [2.75, 3.05) is 57.9 Å². The number of methoxy groups -OCH3 is 1. The number of ether oxygens (including phenoxy) is 1. The lowest BCUT2D eigenvalue weighted by Crippen LogP contribution is -2.42. The summed E-state index contributed by atoms with van der Waals surface area (Å²) in [5.41, 5.74) is 0. The van der Waals surface area contributed by atoms with Crippen molar-refractivity contribution in [3.05, 3.63) is 0 Å². The molecule has 1 heterocycles. The fraction of sp³-hybridized carbons (Fsp3) is 0.909. The maximum atomic E-state index is 5.18. The molecule has 0 aromatic carbocycles. The molecule has 0 aliphatic carbocycles. The van der Waals surface area contributed by atoms with E-state index in [1.54, 1.807) is 7.11 Å². The van der Waals surface area contributed by atoms with Gasteiger partial charge in [0.25, 0.3) is 0 Å². The van der Waals surface area contributed by atoms with Crippen LogP contribution in [0.1, 0.15) is 6.42 Å². The van der Waals surface area contributed by atoms with Gasteiger partial charge >= 0.3 is 0 Å². The first-order valence-electron chi connectivity index (χ1n) is 6.13. The van der Waals surface area contributed by atoms with Crippen LogP contribution in [0.3, 0.4) is 0 Å². The molecule has 1 aliphatic rings. The molecule has 0 saturated carbocycles. The van der Waals surface area contributed by atoms with Crippen molar-refractivity contribution >= 4 is 29.1 Å². The molecule has 1 aliphatic heterocycles. The van der Waals surface area contributed by atoms with Gasteiger partial charge in [0.15, 0.2) is 5.11 Å². The van der Waals surface area contributed by atoms with Gasteiger partial charge in [-0.1, -0.05) is 0 Å². The number of thioether (sulfide) groups is 1. The summed E-state index contributed by atoms with van der Waals surface area (Å²) in [7, 11) is 1.72. The third kappa shape index (κ3) is 7.81. The molecule has 4 nitrogen and oxygen atoms in total. The summed E-state index contributed by atoms with van der Waals surface area (Å²) in [6, 6.07) is 0. The zero-order valence-electron chi connectivity index (χ0n) is 10.5. The number of thiocarbonyl (C=S) groups is 1. The van der Waals surface area contributed by atoms with Crippen molar-refractivity contribution in [2.24, 2.45) is 0 Å². The highest BCUT2D eigenvalue weighted by molar-refractivity contribution is 7.99. The Bertz CT molecular complexity index is 211. The van der Waals surface area contributed by atoms with Gasteiger partial charge in [0.1, 0.15) is 0 Å². The van der Waals surface area contributed by atoms with E-state index in [1.165, 1.54) is 24.6 Å². The van der Waals surface area contributed by atoms with Crippen molar-refractivity contribution < 1.29 is 4.74 Å². The Morgan fingerprint density at radius 3 is 2.71 bits per heavy atom. The molecule has 2 N–H and O–H groups in total. The van der Waals surface area contributed by atoms with Crippen LogP contribution in [-0.2, 0) is 4.74 Å². The molecule has 0 radical (unpaired) electrons. The molecule has 6 heteroatoms. The van der Waals surface area contributed by atoms with E-state index in [-0.39, 0.29) is 0 Å². The highest BCUT2D eigenvalue weighted by atomic mass is 32.2. The maximum absolute atomic E-state index is 5.18. The third-order valence-corrected chi connectivity index (χ3v) is 3.86. The van der Waals surface area contributed by atoms with Crippen LogP contribution in [0.25, 0.3) is 0 Å². The molecule has 0 unspecified atom stereocenters. The Morgan fingerprint density at radius 2 is 2.00 bits per heavy atom. The van der Waals surface area contributed by atoms with Gasteiger partial charge in [-0.2, -0.15) is 11.8 Å². The van der Waals surface area contributed by atoms with Gasteiger partial charge in [0, 0.05) is 57.9 Å². The highest BCUT2D eigenvalue weighted by Crippen LogP contribution is 2.07. The quantitative estimate of drug-likeness (QED) is 0.522. The van der Waals surface area contributed by atoms with E-state index >= 15 is 0 Å². The summed E-state index contributed by atoms with van der Waals surface area (Å²) < 4.78 is 4.97. The van der Waals surface area contributed by atoms with E-state index in [0.29, 0.717) is 0 Å². The van der Waals surface area contributed by atoms with Gasteiger partial charge in [0.05, 0.1) is 0 Å². The fourth-order valence-corrected chi connectivity index (χ4v) is 2.82. The third-order valence-electron chi connectivity index (χ3n) is 2.63. The molecule has 1 fully saturated rings. The molecule has 1 rings (SSSR count). The first-order valence-corrected chi connectivity index (χ1v) is 7.70. The second-order valence-electron chi connectivity index (χ2n) is 3.98. The Kier molecular flexibility index (Phi) is 8.78. The maximum Gasteiger partial charge on any atom is 0.166 e. The second kappa shape index (κ2) is 9.94. The summed E-state index contributed by atoms with van der Waals surface area (Å²) >= 11 is 7.23. The molecule has 0 atom stereocenters. The molecule has 0 aromatic heterocycles. The van der Waals surface area contributed by atoms with Gasteiger partial charge in [0.2, 0.25) is 0 Å². The van der Waals surface area contributed by atoms with Gasteiger partial charge in [-0.3, -0.25) is 4.90 Å². The van der Waals surface area contributed by atoms with E-state index < -0.39 is 0 Å². The Balaban J connectivity index is 1.92. The van der Waals surface area contributed by atoms with Gasteiger partial charge in [-0.25, -0.2) is 0 Å². The van der Waals surface area contributed by atoms with E-state index in [2.05, 4.69) is 15.5 Å². The summed E-state index contributed by atoms with van der Waals surface area (Å²) in [6.07, 6.45) is 0.988. The fourth-order valence-electron chi connectivity index (χ4n) is 1.63. The van der Waals surface area contributed by atoms with Gasteiger partial charge < -0.3 is 15.4 Å². The number of hydrogen-bond acceptors (Lipinski definition) is 4. The Hall–Kier alpha value is -0.0400. The monoisotopic (exact) mass is 277 g/mol. The largest absolute Gasteiger partial charge is 0.385 e. The Labute approximate surface area is 114 Å². The lowest BCUT2D eigenvalue weighted by molar-refractivity contribution is 0.195. The Morgan fingerprint density at radius 1 is 1.29 bits per heavy atom. The van der Waals surface area contributed by atoms with Crippen LogP contribution >= 0.6 is 24.0 Å². The lowest BCUT2D eigenvalue weighted by atomic mass is 10.4. The molecule has 100 valence electrons. The standard InChI is InChI=1S/C11H23N3OS2/c1-15-8-2-3-12-11(16)13-4-5-14-6-9-17-10-7-14/h2-10H2,1H3,(H2,12,13,16). The van der Waals surface area contributed by atoms with Crippen molar-refractivity contribution in [1.82, 2.24) is 15.5 Å². The van der Waals surface area contributed by atoms with Crippen LogP contribution in [0.2, 0.25) is 0 Å². The van der Waals surface area contributed by atoms with Crippen LogP contribution < -0.4 is 10.6 Å². The van der Waals surface area contributed by atoms with Crippen LogP contribution in [-0.4, -0.2) is 68.0 Å². The zero-order valence-corrected chi connectivity index (χ0v) is 12.2. The minimum atomic E-state index is 0.757. The van der Waals surface area contributed by atoms with Gasteiger partial charge in [-0.15, -0.1) is 0 Å². The van der Waals surface area contributed by atoms with Crippen LogP contribution in [0, 0.1) is 0 Å². The smallest absolute Gasteiger partial charge is 0.166 e. The van der Waals surface area contributed by atoms with E-state index in [4.69, 9.17) is 17.0 Å². The summed E-state index contributed by atoms with van der Waals surface area (Å²) in [5.74, 6) is 2.53. The molecular weight excluding hydrogens is 254 g/mol. The number of hydrogen-bond donors (Lipinski definition) is 2. The van der Waals surface area contributed by atoms with Crippen molar-refractivity contribution in [3.63, 3.8) is 0 Å². The average molecular weight is 277 g/mol. The first-order chi connectivity index (χ1) is 8.33. The predicted octanol–water partition coefficient (Wildman–Crippen LogP) is 0.536. The minimum Gasteiger partial charge on any atom is -0.385 e. The van der Waals surface area contributed by atoms with E-state index in [9.17, 15) is 0 Å². The topological polar surface area (TPSA) is 36.5 Å². The lowest BCUT2D eigenvalue weighted by Gasteiger charge is -2.26. The minimum absolute atomic E-state index is 0.757. The van der Waals surface area contributed by atoms with E-state index in [0.717, 1.165) is 37.8 Å². The molecular formula is C11H23N3OS2. The van der Waals surface area contributed by atoms with Crippen LogP contribution in [0.15, 0.2) is 0 Å². The number of nitrogens with one attached hydrogen (secondary N) is 2. The van der Waals surface area contributed by atoms with Crippen molar-refractivity contribution in [2.45, 2.75) is 6.42 Å². The molecule has 0 bridgehead atoms. The van der Waals surface area contributed by atoms with Crippen LogP contribution in [0.4, 0.5) is 0 Å². The number of rotatable bonds is 7. The average Bonchev–Trinajstić information content (AvgIpc) is 2.36. The first kappa shape index (κ1) is 15.0. The molecule has 1 saturated heterocycles. The highest BCUT2D eigenvalue weighted by Gasteiger charge is 2.09. The van der Waals surface area contributed by atoms with E-state index in [1.807, 2.05) is 11.8 Å². The van der Waals surface area contributed by atoms with Crippen LogP contribution in [0.5, 0.6) is 0 Å². The van der Waals surface area contributed by atoms with Gasteiger partial charge in [-0.05, 0) is 18.6 Å². The summed E-state index contributed by atoms with van der Waals surface area (Å²) in [6.45, 7) is 6.09. The molecule has 0 aromatic rings. The molecule has 0 spiro atoms. The normalized spacial score (nSPS) is 16.8. The number of nitrogens with zero attached hydrogens (tertiary/aromatic N) is 1. The van der Waals surface area contributed by atoms with Crippen molar-refractivity contribution in [1.29, 1.82) is 0 Å².